The summed E-state index contributed by atoms with van der Waals surface area (Å²) in [5, 5.41) is 5.40. The predicted octanol–water partition coefficient (Wildman–Crippen LogP) is 11.9. The first-order valence-corrected chi connectivity index (χ1v) is 17.3. The second-order valence-electron chi connectivity index (χ2n) is 12.3. The largest absolute Gasteiger partial charge is 0.456 e. The van der Waals surface area contributed by atoms with Crippen molar-refractivity contribution in [1.82, 2.24) is 19.9 Å². The van der Waals surface area contributed by atoms with E-state index in [0.717, 1.165) is 70.2 Å². The molecule has 3 heterocycles. The van der Waals surface area contributed by atoms with Crippen molar-refractivity contribution in [2.24, 2.45) is 0 Å². The fourth-order valence-corrected chi connectivity index (χ4v) is 7.58. The molecule has 0 bridgehead atoms. The fraction of sp³-hybridized carbons (Fsp3) is 0. The van der Waals surface area contributed by atoms with Crippen LogP contribution in [0.2, 0.25) is 0 Å². The Morgan fingerprint density at radius 1 is 0.380 bits per heavy atom. The minimum absolute atomic E-state index is 0.589. The van der Waals surface area contributed by atoms with Gasteiger partial charge in [0.25, 0.3) is 0 Å². The average molecular weight is 659 g/mol. The van der Waals surface area contributed by atoms with Crippen molar-refractivity contribution in [3.8, 4) is 55.9 Å². The van der Waals surface area contributed by atoms with E-state index < -0.39 is 0 Å². The number of benzene rings is 7. The van der Waals surface area contributed by atoms with Crippen molar-refractivity contribution in [2.75, 3.05) is 0 Å². The molecule has 0 spiro atoms. The molecule has 0 fully saturated rings. The van der Waals surface area contributed by atoms with Crippen LogP contribution in [0.15, 0.2) is 162 Å². The molecule has 0 unspecified atom stereocenters. The number of nitrogens with zero attached hydrogens (tertiary/aromatic N) is 4. The zero-order valence-electron chi connectivity index (χ0n) is 26.6. The topological polar surface area (TPSA) is 64.7 Å². The zero-order valence-corrected chi connectivity index (χ0v) is 27.4. The van der Waals surface area contributed by atoms with E-state index in [2.05, 4.69) is 91.0 Å². The molecule has 6 heteroatoms. The van der Waals surface area contributed by atoms with E-state index >= 15 is 0 Å². The molecule has 0 aliphatic heterocycles. The van der Waals surface area contributed by atoms with E-state index in [1.807, 2.05) is 66.7 Å². The molecule has 5 nitrogen and oxygen atoms in total. The highest BCUT2D eigenvalue weighted by atomic mass is 32.1. The second-order valence-corrected chi connectivity index (χ2v) is 13.4. The van der Waals surface area contributed by atoms with Gasteiger partial charge in [-0.2, -0.15) is 0 Å². The van der Waals surface area contributed by atoms with Crippen molar-refractivity contribution < 1.29 is 4.42 Å². The van der Waals surface area contributed by atoms with Gasteiger partial charge in [-0.15, -0.1) is 11.3 Å². The van der Waals surface area contributed by atoms with Gasteiger partial charge in [-0.3, -0.25) is 0 Å². The van der Waals surface area contributed by atoms with Gasteiger partial charge in [-0.05, 0) is 52.2 Å². The van der Waals surface area contributed by atoms with Crippen molar-refractivity contribution in [3.05, 3.63) is 158 Å². The van der Waals surface area contributed by atoms with Gasteiger partial charge >= 0.3 is 0 Å². The summed E-state index contributed by atoms with van der Waals surface area (Å²) in [4.78, 5) is 19.9. The van der Waals surface area contributed by atoms with Gasteiger partial charge in [0.05, 0.1) is 10.2 Å². The molecule has 234 valence electrons. The molecular weight excluding hydrogens is 633 g/mol. The molecule has 0 atom stereocenters. The van der Waals surface area contributed by atoms with Crippen LogP contribution in [0.5, 0.6) is 0 Å². The molecule has 0 amide bonds. The van der Waals surface area contributed by atoms with Gasteiger partial charge in [0, 0.05) is 39.1 Å². The van der Waals surface area contributed by atoms with Crippen LogP contribution >= 0.6 is 11.3 Å². The molecular formula is C44H26N4OS. The Bertz CT molecular complexity index is 2860. The van der Waals surface area contributed by atoms with Crippen molar-refractivity contribution in [1.29, 1.82) is 0 Å². The third-order valence-corrected chi connectivity index (χ3v) is 10.2. The number of thiazole rings is 1. The van der Waals surface area contributed by atoms with E-state index in [4.69, 9.17) is 24.4 Å². The number of hydrogen-bond donors (Lipinski definition) is 0. The number of aromatic nitrogens is 4. The third-order valence-electron chi connectivity index (χ3n) is 9.13. The number of furan rings is 1. The number of fused-ring (bicyclic) bond motifs is 5. The van der Waals surface area contributed by atoms with E-state index in [0.29, 0.717) is 17.5 Å². The quantitative estimate of drug-likeness (QED) is 0.184. The molecule has 0 saturated heterocycles. The summed E-state index contributed by atoms with van der Waals surface area (Å²) < 4.78 is 7.58. The maximum Gasteiger partial charge on any atom is 0.164 e. The highest BCUT2D eigenvalue weighted by molar-refractivity contribution is 7.21. The van der Waals surface area contributed by atoms with Crippen LogP contribution in [0.1, 0.15) is 0 Å². The Morgan fingerprint density at radius 3 is 1.62 bits per heavy atom. The smallest absolute Gasteiger partial charge is 0.164 e. The predicted molar refractivity (Wildman–Crippen MR) is 205 cm³/mol. The highest BCUT2D eigenvalue weighted by Crippen LogP contribution is 2.38. The summed E-state index contributed by atoms with van der Waals surface area (Å²) in [5.74, 6) is 1.83. The molecule has 50 heavy (non-hydrogen) atoms. The maximum absolute atomic E-state index is 6.45. The van der Waals surface area contributed by atoms with Gasteiger partial charge < -0.3 is 4.42 Å². The maximum atomic E-state index is 6.45. The average Bonchev–Trinajstić information content (AvgIpc) is 3.77. The summed E-state index contributed by atoms with van der Waals surface area (Å²) >= 11 is 1.70. The lowest BCUT2D eigenvalue weighted by Gasteiger charge is -2.10. The van der Waals surface area contributed by atoms with Crippen molar-refractivity contribution in [3.63, 3.8) is 0 Å². The summed E-state index contributed by atoms with van der Waals surface area (Å²) in [6.45, 7) is 0. The molecule has 3 aromatic heterocycles. The van der Waals surface area contributed by atoms with E-state index in [9.17, 15) is 0 Å². The lowest BCUT2D eigenvalue weighted by atomic mass is 10.00. The van der Waals surface area contributed by atoms with Crippen LogP contribution in [0, 0.1) is 0 Å². The monoisotopic (exact) mass is 658 g/mol. The first-order chi connectivity index (χ1) is 24.7. The van der Waals surface area contributed by atoms with E-state index in [1.165, 1.54) is 11.1 Å². The molecule has 0 radical (unpaired) electrons. The molecule has 0 aliphatic carbocycles. The van der Waals surface area contributed by atoms with Crippen LogP contribution in [0.3, 0.4) is 0 Å². The Morgan fingerprint density at radius 2 is 0.920 bits per heavy atom. The second kappa shape index (κ2) is 11.6. The normalized spacial score (nSPS) is 11.6. The Kier molecular flexibility index (Phi) is 6.60. The summed E-state index contributed by atoms with van der Waals surface area (Å²) in [7, 11) is 0. The molecule has 0 saturated carbocycles. The van der Waals surface area contributed by atoms with Gasteiger partial charge in [0.2, 0.25) is 0 Å². The summed E-state index contributed by atoms with van der Waals surface area (Å²) in [6.07, 6.45) is 0. The van der Waals surface area contributed by atoms with Crippen molar-refractivity contribution >= 4 is 54.3 Å². The Labute approximate surface area is 291 Å². The van der Waals surface area contributed by atoms with Crippen LogP contribution in [0.25, 0.3) is 98.8 Å². The Balaban J connectivity index is 1.07. The van der Waals surface area contributed by atoms with Crippen LogP contribution in [-0.2, 0) is 0 Å². The number of rotatable bonds is 5. The molecule has 10 aromatic rings. The molecule has 7 aromatic carbocycles. The highest BCUT2D eigenvalue weighted by Gasteiger charge is 2.17. The van der Waals surface area contributed by atoms with Crippen LogP contribution in [-0.4, -0.2) is 19.9 Å². The van der Waals surface area contributed by atoms with Crippen molar-refractivity contribution in [2.45, 2.75) is 0 Å². The molecule has 10 rings (SSSR count). The first-order valence-electron chi connectivity index (χ1n) is 16.5. The molecule has 0 N–H and O–H groups in total. The van der Waals surface area contributed by atoms with E-state index in [1.54, 1.807) is 11.3 Å². The minimum Gasteiger partial charge on any atom is -0.456 e. The van der Waals surface area contributed by atoms with Gasteiger partial charge in [0.1, 0.15) is 16.2 Å². The van der Waals surface area contributed by atoms with Gasteiger partial charge in [-0.25, -0.2) is 19.9 Å². The Hall–Kier alpha value is -6.50. The van der Waals surface area contributed by atoms with Crippen LogP contribution in [0.4, 0.5) is 0 Å². The lowest BCUT2D eigenvalue weighted by Crippen LogP contribution is -2.00. The minimum atomic E-state index is 0.589. The third kappa shape index (κ3) is 5.02. The van der Waals surface area contributed by atoms with E-state index in [-0.39, 0.29) is 0 Å². The van der Waals surface area contributed by atoms with Gasteiger partial charge in [0.15, 0.2) is 17.5 Å². The van der Waals surface area contributed by atoms with Gasteiger partial charge in [-0.1, -0.05) is 121 Å². The number of hydrogen-bond acceptors (Lipinski definition) is 6. The SMILES string of the molecule is c1ccc(-c2ccc3cc(-c4nc(-c5ccccc5)nc(-c5ccc6c(c5)oc5cc7nc(-c8ccccc8)sc7cc56)n4)ccc3c2)cc1. The summed E-state index contributed by atoms with van der Waals surface area (Å²) in [5.41, 5.74) is 8.74. The first kappa shape index (κ1) is 28.5. The standard InChI is InChI=1S/C44H26N4OS/c1-4-10-27(11-5-1)30-16-17-32-23-33(19-18-31(32)22-30)42-46-41(28-12-6-2-7-13-28)47-43(48-42)34-20-21-35-36-25-40-37(26-39(36)49-38(35)24-34)45-44(50-40)29-14-8-3-9-15-29/h1-26H. The fourth-order valence-electron chi connectivity index (χ4n) is 6.59. The summed E-state index contributed by atoms with van der Waals surface area (Å²) in [6, 6.07) is 54.2. The molecule has 0 aliphatic rings. The zero-order chi connectivity index (χ0) is 33.0. The lowest BCUT2D eigenvalue weighted by molar-refractivity contribution is 0.669. The van der Waals surface area contributed by atoms with Crippen LogP contribution < -0.4 is 0 Å².